The normalized spacial score (nSPS) is 42.3. The van der Waals surface area contributed by atoms with Gasteiger partial charge in [-0.3, -0.25) is 4.90 Å². The Hall–Kier alpha value is -0.160. The third-order valence-electron chi connectivity index (χ3n) is 4.59. The molecule has 4 heteroatoms. The third kappa shape index (κ3) is 2.57. The van der Waals surface area contributed by atoms with Crippen LogP contribution in [0.15, 0.2) is 0 Å². The molecule has 4 nitrogen and oxygen atoms in total. The van der Waals surface area contributed by atoms with Gasteiger partial charge >= 0.3 is 0 Å². The average Bonchev–Trinajstić information content (AvgIpc) is 2.53. The van der Waals surface area contributed by atoms with Crippen molar-refractivity contribution in [3.63, 3.8) is 0 Å². The number of morpholine rings is 1. The van der Waals surface area contributed by atoms with Crippen molar-refractivity contribution in [3.05, 3.63) is 0 Å². The van der Waals surface area contributed by atoms with Crippen LogP contribution in [0.3, 0.4) is 0 Å². The highest BCUT2D eigenvalue weighted by Gasteiger charge is 2.47. The van der Waals surface area contributed by atoms with E-state index in [-0.39, 0.29) is 11.1 Å². The summed E-state index contributed by atoms with van der Waals surface area (Å²) in [7, 11) is 2.21. The average molecular weight is 255 g/mol. The maximum atomic E-state index is 6.15. The molecule has 0 aliphatic carbocycles. The zero-order valence-corrected chi connectivity index (χ0v) is 12.6. The second-order valence-corrected chi connectivity index (χ2v) is 6.97. The first-order chi connectivity index (χ1) is 8.28. The molecule has 2 N–H and O–H groups in total. The van der Waals surface area contributed by atoms with Crippen LogP contribution in [0.5, 0.6) is 0 Å². The molecule has 2 rings (SSSR count). The summed E-state index contributed by atoms with van der Waals surface area (Å²) in [5, 5.41) is 0. The summed E-state index contributed by atoms with van der Waals surface area (Å²) in [4.78, 5) is 5.02. The molecule has 2 fully saturated rings. The Balaban J connectivity index is 2.18. The smallest absolute Gasteiger partial charge is 0.0757 e. The Labute approximate surface area is 111 Å². The fourth-order valence-corrected chi connectivity index (χ4v) is 3.71. The zero-order chi connectivity index (χ0) is 13.6. The van der Waals surface area contributed by atoms with Gasteiger partial charge in [-0.1, -0.05) is 0 Å². The van der Waals surface area contributed by atoms with Crippen molar-refractivity contribution in [2.45, 2.75) is 57.4 Å². The molecule has 3 unspecified atom stereocenters. The van der Waals surface area contributed by atoms with Crippen LogP contribution in [0.25, 0.3) is 0 Å². The van der Waals surface area contributed by atoms with E-state index in [0.717, 1.165) is 26.2 Å². The largest absolute Gasteiger partial charge is 0.370 e. The van der Waals surface area contributed by atoms with E-state index in [1.165, 1.54) is 6.42 Å². The molecule has 0 amide bonds. The lowest BCUT2D eigenvalue weighted by atomic mass is 9.90. The molecule has 0 bridgehead atoms. The minimum Gasteiger partial charge on any atom is -0.370 e. The lowest BCUT2D eigenvalue weighted by molar-refractivity contribution is -0.150. The van der Waals surface area contributed by atoms with E-state index in [0.29, 0.717) is 12.1 Å². The molecule has 2 aliphatic heterocycles. The van der Waals surface area contributed by atoms with Crippen molar-refractivity contribution in [2.75, 3.05) is 33.2 Å². The second kappa shape index (κ2) is 4.75. The van der Waals surface area contributed by atoms with Crippen LogP contribution in [0.4, 0.5) is 0 Å². The standard InChI is InChI=1S/C14H29N3O/c1-11-6-14(8-15,10-16(11)5)17-7-12(2)18-13(3,4)9-17/h11-12H,6-10,15H2,1-5H3. The summed E-state index contributed by atoms with van der Waals surface area (Å²) in [6.45, 7) is 12.6. The second-order valence-electron chi connectivity index (χ2n) is 6.97. The Bertz CT molecular complexity index is 295. The van der Waals surface area contributed by atoms with Gasteiger partial charge in [0.05, 0.1) is 11.7 Å². The van der Waals surface area contributed by atoms with Crippen LogP contribution in [0.1, 0.15) is 34.1 Å². The number of nitrogens with zero attached hydrogens (tertiary/aromatic N) is 2. The molecule has 0 aromatic carbocycles. The number of likely N-dealkylation sites (tertiary alicyclic amines) is 1. The van der Waals surface area contributed by atoms with E-state index >= 15 is 0 Å². The monoisotopic (exact) mass is 255 g/mol. The molecular weight excluding hydrogens is 226 g/mol. The molecule has 0 radical (unpaired) electrons. The maximum absolute atomic E-state index is 6.15. The number of nitrogens with two attached hydrogens (primary N) is 1. The summed E-state index contributed by atoms with van der Waals surface area (Å²) in [5.74, 6) is 0. The van der Waals surface area contributed by atoms with Crippen molar-refractivity contribution in [1.29, 1.82) is 0 Å². The van der Waals surface area contributed by atoms with Gasteiger partial charge in [0.1, 0.15) is 0 Å². The zero-order valence-electron chi connectivity index (χ0n) is 12.6. The van der Waals surface area contributed by atoms with Crippen LogP contribution in [-0.4, -0.2) is 66.3 Å². The van der Waals surface area contributed by atoms with Crippen molar-refractivity contribution in [2.24, 2.45) is 5.73 Å². The maximum Gasteiger partial charge on any atom is 0.0757 e. The first-order valence-electron chi connectivity index (χ1n) is 7.11. The van der Waals surface area contributed by atoms with Crippen molar-refractivity contribution < 1.29 is 4.74 Å². The van der Waals surface area contributed by atoms with Gasteiger partial charge in [-0.25, -0.2) is 0 Å². The molecule has 106 valence electrons. The topological polar surface area (TPSA) is 41.7 Å². The van der Waals surface area contributed by atoms with Crippen LogP contribution >= 0.6 is 0 Å². The van der Waals surface area contributed by atoms with E-state index in [1.807, 2.05) is 0 Å². The highest BCUT2D eigenvalue weighted by Crippen LogP contribution is 2.34. The van der Waals surface area contributed by atoms with Gasteiger partial charge in [0.25, 0.3) is 0 Å². The summed E-state index contributed by atoms with van der Waals surface area (Å²) in [5.41, 5.74) is 6.23. The van der Waals surface area contributed by atoms with Gasteiger partial charge in [0.2, 0.25) is 0 Å². The van der Waals surface area contributed by atoms with Crippen molar-refractivity contribution in [3.8, 4) is 0 Å². The highest BCUT2D eigenvalue weighted by molar-refractivity contribution is 5.05. The van der Waals surface area contributed by atoms with E-state index in [1.54, 1.807) is 0 Å². The Morgan fingerprint density at radius 1 is 1.28 bits per heavy atom. The Morgan fingerprint density at radius 2 is 1.94 bits per heavy atom. The number of ether oxygens (including phenoxy) is 1. The summed E-state index contributed by atoms with van der Waals surface area (Å²) in [6, 6.07) is 0.620. The fourth-order valence-electron chi connectivity index (χ4n) is 3.71. The third-order valence-corrected chi connectivity index (χ3v) is 4.59. The minimum absolute atomic E-state index is 0.0652. The SMILES string of the molecule is CC1CN(C2(CN)CC(C)N(C)C2)CC(C)(C)O1. The van der Waals surface area contributed by atoms with Crippen molar-refractivity contribution in [1.82, 2.24) is 9.80 Å². The molecule has 3 atom stereocenters. The van der Waals surface area contributed by atoms with Crippen LogP contribution in [0, 0.1) is 0 Å². The lowest BCUT2D eigenvalue weighted by Crippen LogP contribution is -2.64. The summed E-state index contributed by atoms with van der Waals surface area (Å²) >= 11 is 0. The Morgan fingerprint density at radius 3 is 2.39 bits per heavy atom. The number of hydrogen-bond acceptors (Lipinski definition) is 4. The molecule has 0 spiro atoms. The molecular formula is C14H29N3O. The quantitative estimate of drug-likeness (QED) is 0.796. The number of rotatable bonds is 2. The van der Waals surface area contributed by atoms with Gasteiger partial charge < -0.3 is 15.4 Å². The molecule has 2 saturated heterocycles. The van der Waals surface area contributed by atoms with Gasteiger partial charge in [-0.05, 0) is 41.2 Å². The first kappa shape index (κ1) is 14.3. The Kier molecular flexibility index (Phi) is 3.76. The predicted octanol–water partition coefficient (Wildman–Crippen LogP) is 0.907. The lowest BCUT2D eigenvalue weighted by Gasteiger charge is -2.50. The number of likely N-dealkylation sites (N-methyl/N-ethyl adjacent to an activating group) is 1. The molecule has 0 aromatic rings. The molecule has 0 saturated carbocycles. The van der Waals surface area contributed by atoms with Gasteiger partial charge in [0.15, 0.2) is 0 Å². The van der Waals surface area contributed by atoms with E-state index in [2.05, 4.69) is 44.5 Å². The predicted molar refractivity (Wildman–Crippen MR) is 74.7 cm³/mol. The van der Waals surface area contributed by atoms with Gasteiger partial charge in [-0.15, -0.1) is 0 Å². The van der Waals surface area contributed by atoms with Gasteiger partial charge in [-0.2, -0.15) is 0 Å². The summed E-state index contributed by atoms with van der Waals surface area (Å²) in [6.07, 6.45) is 1.46. The highest BCUT2D eigenvalue weighted by atomic mass is 16.5. The van der Waals surface area contributed by atoms with Crippen molar-refractivity contribution >= 4 is 0 Å². The molecule has 2 heterocycles. The molecule has 2 aliphatic rings. The van der Waals surface area contributed by atoms with E-state index in [4.69, 9.17) is 10.5 Å². The van der Waals surface area contributed by atoms with Crippen LogP contribution in [0.2, 0.25) is 0 Å². The van der Waals surface area contributed by atoms with Crippen LogP contribution in [-0.2, 0) is 4.74 Å². The fraction of sp³-hybridized carbons (Fsp3) is 1.00. The van der Waals surface area contributed by atoms with Crippen LogP contribution < -0.4 is 5.73 Å². The number of hydrogen-bond donors (Lipinski definition) is 1. The molecule has 0 aromatic heterocycles. The molecule has 18 heavy (non-hydrogen) atoms. The van der Waals surface area contributed by atoms with Gasteiger partial charge in [0, 0.05) is 37.8 Å². The van der Waals surface area contributed by atoms with E-state index in [9.17, 15) is 0 Å². The summed E-state index contributed by atoms with van der Waals surface area (Å²) < 4.78 is 6.01. The van der Waals surface area contributed by atoms with E-state index < -0.39 is 0 Å². The minimum atomic E-state index is -0.0652. The first-order valence-corrected chi connectivity index (χ1v) is 7.11.